The summed E-state index contributed by atoms with van der Waals surface area (Å²) in [6.07, 6.45) is 4.38. The molecule has 0 aromatic heterocycles. The predicted molar refractivity (Wildman–Crippen MR) is 119 cm³/mol. The van der Waals surface area contributed by atoms with E-state index in [0.717, 1.165) is 62.9 Å². The fraction of sp³-hybridized carbons (Fsp3) is 0.682. The standard InChI is InChI=1S/C22H40N4O2/c1-6-26(7-2)17-10-9-15-24-22(23-4)25-16-11-12-19-13-14-20(27-5)21(18-19)28-8-3/h13-14,18H,6-12,15-17H2,1-5H3,(H2,23,24,25). The molecule has 0 spiro atoms. The van der Waals surface area contributed by atoms with Gasteiger partial charge in [-0.1, -0.05) is 19.9 Å². The first kappa shape index (κ1) is 24.1. The molecule has 1 aromatic carbocycles. The maximum Gasteiger partial charge on any atom is 0.190 e. The van der Waals surface area contributed by atoms with E-state index in [4.69, 9.17) is 9.47 Å². The van der Waals surface area contributed by atoms with E-state index in [1.54, 1.807) is 7.11 Å². The molecular formula is C22H40N4O2. The van der Waals surface area contributed by atoms with Crippen LogP contribution in [0.15, 0.2) is 23.2 Å². The average Bonchev–Trinajstić information content (AvgIpc) is 2.72. The lowest BCUT2D eigenvalue weighted by atomic mass is 10.1. The van der Waals surface area contributed by atoms with Crippen LogP contribution in [0.4, 0.5) is 0 Å². The minimum atomic E-state index is 0.637. The topological polar surface area (TPSA) is 58.1 Å². The van der Waals surface area contributed by atoms with Crippen molar-refractivity contribution in [1.82, 2.24) is 15.5 Å². The van der Waals surface area contributed by atoms with E-state index in [0.29, 0.717) is 6.61 Å². The van der Waals surface area contributed by atoms with Crippen LogP contribution in [0.5, 0.6) is 11.5 Å². The van der Waals surface area contributed by atoms with Crippen LogP contribution >= 0.6 is 0 Å². The third-order valence-corrected chi connectivity index (χ3v) is 4.77. The highest BCUT2D eigenvalue weighted by Gasteiger charge is 2.05. The number of guanidine groups is 1. The van der Waals surface area contributed by atoms with Crippen LogP contribution in [0, 0.1) is 0 Å². The monoisotopic (exact) mass is 392 g/mol. The van der Waals surface area contributed by atoms with E-state index >= 15 is 0 Å². The lowest BCUT2D eigenvalue weighted by Crippen LogP contribution is -2.38. The Labute approximate surface area is 171 Å². The Balaban J connectivity index is 2.25. The molecule has 0 bridgehead atoms. The van der Waals surface area contributed by atoms with Crippen molar-refractivity contribution in [2.45, 2.75) is 46.5 Å². The second-order valence-corrected chi connectivity index (χ2v) is 6.68. The van der Waals surface area contributed by atoms with E-state index in [9.17, 15) is 0 Å². The van der Waals surface area contributed by atoms with Gasteiger partial charge in [0.05, 0.1) is 13.7 Å². The lowest BCUT2D eigenvalue weighted by Gasteiger charge is -2.18. The van der Waals surface area contributed by atoms with Crippen LogP contribution < -0.4 is 20.1 Å². The van der Waals surface area contributed by atoms with Gasteiger partial charge in [0.15, 0.2) is 17.5 Å². The smallest absolute Gasteiger partial charge is 0.190 e. The Hall–Kier alpha value is -1.95. The molecule has 0 aliphatic carbocycles. The number of benzene rings is 1. The van der Waals surface area contributed by atoms with Crippen LogP contribution in [0.1, 0.15) is 45.6 Å². The molecule has 160 valence electrons. The van der Waals surface area contributed by atoms with Gasteiger partial charge in [-0.3, -0.25) is 4.99 Å². The zero-order valence-corrected chi connectivity index (χ0v) is 18.5. The van der Waals surface area contributed by atoms with Crippen molar-refractivity contribution in [1.29, 1.82) is 0 Å². The van der Waals surface area contributed by atoms with Gasteiger partial charge in [-0.05, 0) is 69.9 Å². The molecule has 0 saturated heterocycles. The number of ether oxygens (including phenoxy) is 2. The molecule has 0 aliphatic heterocycles. The highest BCUT2D eigenvalue weighted by atomic mass is 16.5. The van der Waals surface area contributed by atoms with Crippen molar-refractivity contribution in [3.05, 3.63) is 23.8 Å². The first-order chi connectivity index (χ1) is 13.7. The second-order valence-electron chi connectivity index (χ2n) is 6.68. The molecule has 6 heteroatoms. The number of aryl methyl sites for hydroxylation is 1. The summed E-state index contributed by atoms with van der Waals surface area (Å²) in [6, 6.07) is 6.15. The predicted octanol–water partition coefficient (Wildman–Crippen LogP) is 3.31. The Morgan fingerprint density at radius 3 is 2.32 bits per heavy atom. The summed E-state index contributed by atoms with van der Waals surface area (Å²) in [5, 5.41) is 6.80. The number of methoxy groups -OCH3 is 1. The SMILES string of the molecule is CCOc1cc(CCCNC(=NC)NCCCCN(CC)CC)ccc1OC. The van der Waals surface area contributed by atoms with Gasteiger partial charge in [0.2, 0.25) is 0 Å². The number of unbranched alkanes of at least 4 members (excludes halogenated alkanes) is 1. The Morgan fingerprint density at radius 1 is 1.00 bits per heavy atom. The van der Waals surface area contributed by atoms with Gasteiger partial charge in [-0.25, -0.2) is 0 Å². The quantitative estimate of drug-likeness (QED) is 0.289. The summed E-state index contributed by atoms with van der Waals surface area (Å²) < 4.78 is 11.0. The molecule has 2 N–H and O–H groups in total. The molecular weight excluding hydrogens is 352 g/mol. The highest BCUT2D eigenvalue weighted by molar-refractivity contribution is 5.79. The zero-order valence-electron chi connectivity index (χ0n) is 18.5. The molecule has 0 amide bonds. The van der Waals surface area contributed by atoms with Gasteiger partial charge in [-0.2, -0.15) is 0 Å². The van der Waals surface area contributed by atoms with E-state index in [1.807, 2.05) is 20.0 Å². The lowest BCUT2D eigenvalue weighted by molar-refractivity contribution is 0.297. The minimum absolute atomic E-state index is 0.637. The maximum absolute atomic E-state index is 5.65. The minimum Gasteiger partial charge on any atom is -0.493 e. The second kappa shape index (κ2) is 15.0. The Kier molecular flexibility index (Phi) is 12.9. The van der Waals surface area contributed by atoms with Crippen LogP contribution in [0.2, 0.25) is 0 Å². The molecule has 0 heterocycles. The highest BCUT2D eigenvalue weighted by Crippen LogP contribution is 2.28. The summed E-state index contributed by atoms with van der Waals surface area (Å²) in [6.45, 7) is 12.3. The van der Waals surface area contributed by atoms with Crippen molar-refractivity contribution >= 4 is 5.96 Å². The summed E-state index contributed by atoms with van der Waals surface area (Å²) in [7, 11) is 3.49. The molecule has 0 unspecified atom stereocenters. The van der Waals surface area contributed by atoms with E-state index in [1.165, 1.54) is 18.5 Å². The molecule has 1 rings (SSSR count). The zero-order chi connectivity index (χ0) is 20.6. The number of nitrogens with zero attached hydrogens (tertiary/aromatic N) is 2. The van der Waals surface area contributed by atoms with Crippen molar-refractivity contribution < 1.29 is 9.47 Å². The van der Waals surface area contributed by atoms with E-state index in [2.05, 4.69) is 46.5 Å². The number of aliphatic imine (C=N–C) groups is 1. The summed E-state index contributed by atoms with van der Waals surface area (Å²) >= 11 is 0. The first-order valence-corrected chi connectivity index (χ1v) is 10.6. The van der Waals surface area contributed by atoms with Gasteiger partial charge in [-0.15, -0.1) is 0 Å². The summed E-state index contributed by atoms with van der Waals surface area (Å²) in [4.78, 5) is 6.77. The molecule has 0 saturated carbocycles. The maximum atomic E-state index is 5.65. The number of hydrogen-bond acceptors (Lipinski definition) is 4. The van der Waals surface area contributed by atoms with Gasteiger partial charge >= 0.3 is 0 Å². The summed E-state index contributed by atoms with van der Waals surface area (Å²) in [5.41, 5.74) is 1.25. The normalized spacial score (nSPS) is 11.6. The third-order valence-electron chi connectivity index (χ3n) is 4.77. The van der Waals surface area contributed by atoms with Crippen LogP contribution in [0.3, 0.4) is 0 Å². The molecule has 0 aliphatic rings. The molecule has 0 radical (unpaired) electrons. The van der Waals surface area contributed by atoms with Crippen molar-refractivity contribution in [2.24, 2.45) is 4.99 Å². The van der Waals surface area contributed by atoms with E-state index < -0.39 is 0 Å². The molecule has 6 nitrogen and oxygen atoms in total. The van der Waals surface area contributed by atoms with Crippen molar-refractivity contribution in [3.63, 3.8) is 0 Å². The molecule has 0 fully saturated rings. The Morgan fingerprint density at radius 2 is 1.71 bits per heavy atom. The van der Waals surface area contributed by atoms with Crippen molar-refractivity contribution in [3.8, 4) is 11.5 Å². The molecule has 28 heavy (non-hydrogen) atoms. The fourth-order valence-corrected chi connectivity index (χ4v) is 3.07. The number of rotatable bonds is 14. The van der Waals surface area contributed by atoms with Crippen molar-refractivity contribution in [2.75, 3.05) is 53.5 Å². The number of hydrogen-bond donors (Lipinski definition) is 2. The van der Waals surface area contributed by atoms with Gasteiger partial charge in [0.25, 0.3) is 0 Å². The fourth-order valence-electron chi connectivity index (χ4n) is 3.07. The molecule has 1 aromatic rings. The van der Waals surface area contributed by atoms with Gasteiger partial charge in [0.1, 0.15) is 0 Å². The summed E-state index contributed by atoms with van der Waals surface area (Å²) in [5.74, 6) is 2.49. The first-order valence-electron chi connectivity index (χ1n) is 10.6. The van der Waals surface area contributed by atoms with Gasteiger partial charge < -0.3 is 25.0 Å². The molecule has 0 atom stereocenters. The van der Waals surface area contributed by atoms with Crippen LogP contribution in [-0.2, 0) is 6.42 Å². The van der Waals surface area contributed by atoms with Gasteiger partial charge in [0, 0.05) is 20.1 Å². The average molecular weight is 393 g/mol. The largest absolute Gasteiger partial charge is 0.493 e. The number of nitrogens with one attached hydrogen (secondary N) is 2. The van der Waals surface area contributed by atoms with Crippen LogP contribution in [0.25, 0.3) is 0 Å². The van der Waals surface area contributed by atoms with Crippen LogP contribution in [-0.4, -0.2) is 64.3 Å². The third kappa shape index (κ3) is 9.31. The Bertz CT molecular complexity index is 559. The van der Waals surface area contributed by atoms with E-state index in [-0.39, 0.29) is 0 Å².